The van der Waals surface area contributed by atoms with Gasteiger partial charge in [0.1, 0.15) is 11.9 Å². The predicted molar refractivity (Wildman–Crippen MR) is 119 cm³/mol. The second-order valence-electron chi connectivity index (χ2n) is 7.18. The highest BCUT2D eigenvalue weighted by Gasteiger charge is 2.50. The molecule has 1 fully saturated rings. The number of rotatable bonds is 5. The molecule has 2 N–H and O–H groups in total. The van der Waals surface area contributed by atoms with Gasteiger partial charge in [-0.15, -0.1) is 24.0 Å². The zero-order chi connectivity index (χ0) is 21.1. The molecular formula is C18H26F3IN4O3S. The largest absolute Gasteiger partial charge is 0.511 e. The van der Waals surface area contributed by atoms with Gasteiger partial charge in [0.05, 0.1) is 6.54 Å². The van der Waals surface area contributed by atoms with Crippen LogP contribution in [0.5, 0.6) is 5.75 Å². The molecule has 0 amide bonds. The van der Waals surface area contributed by atoms with Crippen LogP contribution in [0.4, 0.5) is 13.2 Å². The third-order valence-corrected chi connectivity index (χ3v) is 6.83. The van der Waals surface area contributed by atoms with Crippen molar-refractivity contribution >= 4 is 40.0 Å². The summed E-state index contributed by atoms with van der Waals surface area (Å²) in [5.41, 5.74) is -4.07. The molecule has 1 unspecified atom stereocenters. The number of nitrogens with one attached hydrogen (secondary N) is 2. The number of hydrogen-bond acceptors (Lipinski definition) is 4. The number of para-hydroxylation sites is 1. The molecule has 0 spiro atoms. The van der Waals surface area contributed by atoms with Crippen molar-refractivity contribution in [3.05, 3.63) is 29.8 Å². The molecular weight excluding hydrogens is 536 g/mol. The van der Waals surface area contributed by atoms with Crippen molar-refractivity contribution in [3.8, 4) is 5.75 Å². The minimum Gasteiger partial charge on any atom is -0.488 e. The Bertz CT molecular complexity index is 818. The lowest BCUT2D eigenvalue weighted by Gasteiger charge is -2.31. The van der Waals surface area contributed by atoms with E-state index in [2.05, 4.69) is 15.6 Å². The van der Waals surface area contributed by atoms with Crippen molar-refractivity contribution in [1.29, 1.82) is 0 Å². The summed E-state index contributed by atoms with van der Waals surface area (Å²) in [5.74, 6) is 1.54. The topological polar surface area (TPSA) is 83.0 Å². The number of halogens is 4. The summed E-state index contributed by atoms with van der Waals surface area (Å²) in [6.07, 6.45) is 1.54. The predicted octanol–water partition coefficient (Wildman–Crippen LogP) is 2.33. The van der Waals surface area contributed by atoms with Gasteiger partial charge in [0.25, 0.3) is 0 Å². The number of nitrogens with zero attached hydrogens (tertiary/aromatic N) is 2. The molecule has 0 saturated carbocycles. The number of ether oxygens (including phenoxy) is 1. The van der Waals surface area contributed by atoms with E-state index < -0.39 is 15.5 Å². The zero-order valence-corrected chi connectivity index (χ0v) is 19.6. The summed E-state index contributed by atoms with van der Waals surface area (Å²) in [7, 11) is -3.60. The Morgan fingerprint density at radius 1 is 1.20 bits per heavy atom. The number of sulfonamides is 1. The summed E-state index contributed by atoms with van der Waals surface area (Å²) in [4.78, 5) is 4.15. The summed E-state index contributed by atoms with van der Waals surface area (Å²) in [5, 5.41) is 6.36. The number of aliphatic imine (C=N–C) groups is 1. The molecule has 7 nitrogen and oxygen atoms in total. The maximum Gasteiger partial charge on any atom is 0.511 e. The normalized spacial score (nSPS) is 20.8. The van der Waals surface area contributed by atoms with Crippen LogP contribution >= 0.6 is 24.0 Å². The molecule has 30 heavy (non-hydrogen) atoms. The van der Waals surface area contributed by atoms with Gasteiger partial charge in [0.2, 0.25) is 0 Å². The van der Waals surface area contributed by atoms with Crippen LogP contribution in [0.3, 0.4) is 0 Å². The fourth-order valence-electron chi connectivity index (χ4n) is 3.54. The summed E-state index contributed by atoms with van der Waals surface area (Å²) in [6.45, 7) is 0.810. The van der Waals surface area contributed by atoms with Gasteiger partial charge in [-0.25, -0.2) is 8.42 Å². The minimum atomic E-state index is -5.24. The molecule has 2 aliphatic heterocycles. The zero-order valence-electron chi connectivity index (χ0n) is 16.5. The molecule has 12 heteroatoms. The first kappa shape index (κ1) is 25.0. The molecule has 1 atom stereocenters. The fraction of sp³-hybridized carbons (Fsp3) is 0.611. The van der Waals surface area contributed by atoms with Gasteiger partial charge >= 0.3 is 15.5 Å². The number of alkyl halides is 3. The van der Waals surface area contributed by atoms with Crippen LogP contribution in [0, 0.1) is 5.92 Å². The van der Waals surface area contributed by atoms with Crippen molar-refractivity contribution in [2.75, 3.05) is 33.2 Å². The second kappa shape index (κ2) is 10.4. The standard InChI is InChI=1S/C18H25F3N4O3S.HI/c1-22-17(24-12-15-10-14-4-2-3-5-16(14)28-15)23-11-13-6-8-25(9-7-13)29(26,27)18(19,20)21;/h2-5,13,15H,6-12H2,1H3,(H2,22,23,24);1H. The minimum absolute atomic E-state index is 0. The lowest BCUT2D eigenvalue weighted by Crippen LogP contribution is -2.48. The fourth-order valence-corrected chi connectivity index (χ4v) is 4.52. The van der Waals surface area contributed by atoms with E-state index in [1.165, 1.54) is 5.56 Å². The Labute approximate surface area is 191 Å². The van der Waals surface area contributed by atoms with E-state index in [4.69, 9.17) is 4.74 Å². The van der Waals surface area contributed by atoms with E-state index in [1.54, 1.807) is 7.05 Å². The Balaban J connectivity index is 0.00000320. The SMILES string of the molecule is CN=C(NCC1CCN(S(=O)(=O)C(F)(F)F)CC1)NCC1Cc2ccccc2O1.I. The maximum atomic E-state index is 12.6. The van der Waals surface area contributed by atoms with Crippen molar-refractivity contribution in [3.63, 3.8) is 0 Å². The van der Waals surface area contributed by atoms with E-state index in [-0.39, 0.29) is 49.1 Å². The molecule has 0 aliphatic carbocycles. The third kappa shape index (κ3) is 5.90. The van der Waals surface area contributed by atoms with Gasteiger partial charge < -0.3 is 15.4 Å². The monoisotopic (exact) mass is 562 g/mol. The first-order valence-corrected chi connectivity index (χ1v) is 10.9. The summed E-state index contributed by atoms with van der Waals surface area (Å²) >= 11 is 0. The molecule has 2 aliphatic rings. The highest BCUT2D eigenvalue weighted by molar-refractivity contribution is 14.0. The first-order chi connectivity index (χ1) is 13.7. The Kier molecular flexibility index (Phi) is 8.62. The van der Waals surface area contributed by atoms with Gasteiger partial charge in [-0.3, -0.25) is 4.99 Å². The van der Waals surface area contributed by atoms with Crippen molar-refractivity contribution < 1.29 is 26.3 Å². The lowest BCUT2D eigenvalue weighted by molar-refractivity contribution is -0.0496. The van der Waals surface area contributed by atoms with Crippen LogP contribution in [0.1, 0.15) is 18.4 Å². The Morgan fingerprint density at radius 3 is 2.43 bits per heavy atom. The average Bonchev–Trinajstić information content (AvgIpc) is 3.10. The van der Waals surface area contributed by atoms with Crippen molar-refractivity contribution in [1.82, 2.24) is 14.9 Å². The number of hydrogen-bond donors (Lipinski definition) is 2. The maximum absolute atomic E-state index is 12.6. The molecule has 170 valence electrons. The van der Waals surface area contributed by atoms with Gasteiger partial charge in [-0.1, -0.05) is 18.2 Å². The Hall–Kier alpha value is -1.28. The number of guanidine groups is 1. The van der Waals surface area contributed by atoms with E-state index in [0.29, 0.717) is 36.2 Å². The smallest absolute Gasteiger partial charge is 0.488 e. The lowest BCUT2D eigenvalue weighted by atomic mass is 9.98. The van der Waals surface area contributed by atoms with Crippen molar-refractivity contribution in [2.45, 2.75) is 30.9 Å². The molecule has 3 rings (SSSR count). The first-order valence-electron chi connectivity index (χ1n) is 9.46. The molecule has 1 saturated heterocycles. The third-order valence-electron chi connectivity index (χ3n) is 5.20. The van der Waals surface area contributed by atoms with E-state index >= 15 is 0 Å². The number of fused-ring (bicyclic) bond motifs is 1. The molecule has 0 radical (unpaired) electrons. The van der Waals surface area contributed by atoms with E-state index in [0.717, 1.165) is 12.2 Å². The highest BCUT2D eigenvalue weighted by atomic mass is 127. The highest BCUT2D eigenvalue weighted by Crippen LogP contribution is 2.30. The second-order valence-corrected chi connectivity index (χ2v) is 9.11. The Morgan fingerprint density at radius 2 is 1.83 bits per heavy atom. The molecule has 1 aromatic carbocycles. The number of benzene rings is 1. The average molecular weight is 562 g/mol. The van der Waals surface area contributed by atoms with Crippen molar-refractivity contribution in [2.24, 2.45) is 10.9 Å². The van der Waals surface area contributed by atoms with Crippen LogP contribution in [0.25, 0.3) is 0 Å². The molecule has 1 aromatic rings. The van der Waals surface area contributed by atoms with Gasteiger partial charge in [0, 0.05) is 33.1 Å². The van der Waals surface area contributed by atoms with Crippen LogP contribution in [-0.2, 0) is 16.4 Å². The van der Waals surface area contributed by atoms with E-state index in [9.17, 15) is 21.6 Å². The van der Waals surface area contributed by atoms with Gasteiger partial charge in [0.15, 0.2) is 5.96 Å². The number of piperidine rings is 1. The summed E-state index contributed by atoms with van der Waals surface area (Å²) in [6, 6.07) is 7.88. The van der Waals surface area contributed by atoms with Crippen LogP contribution in [0.2, 0.25) is 0 Å². The molecule has 0 bridgehead atoms. The van der Waals surface area contributed by atoms with E-state index in [1.807, 2.05) is 24.3 Å². The molecule has 2 heterocycles. The molecule has 0 aromatic heterocycles. The van der Waals surface area contributed by atoms with Gasteiger partial charge in [-0.05, 0) is 30.4 Å². The summed E-state index contributed by atoms with van der Waals surface area (Å²) < 4.78 is 67.2. The quantitative estimate of drug-likeness (QED) is 0.327. The van der Waals surface area contributed by atoms with Crippen LogP contribution < -0.4 is 15.4 Å². The van der Waals surface area contributed by atoms with Gasteiger partial charge in [-0.2, -0.15) is 17.5 Å². The van der Waals surface area contributed by atoms with Crippen LogP contribution in [-0.4, -0.2) is 63.5 Å². The van der Waals surface area contributed by atoms with Crippen LogP contribution in [0.15, 0.2) is 29.3 Å².